The number of rotatable bonds is 7. The lowest BCUT2D eigenvalue weighted by molar-refractivity contribution is -0.412. The molecule has 0 heterocycles. The Bertz CT molecular complexity index is 3580. The van der Waals surface area contributed by atoms with Crippen molar-refractivity contribution in [1.29, 1.82) is 0 Å². The van der Waals surface area contributed by atoms with Gasteiger partial charge in [-0.15, -0.1) is 0 Å². The van der Waals surface area contributed by atoms with Gasteiger partial charge in [0, 0.05) is 22.4 Å². The Kier molecular flexibility index (Phi) is 7.55. The maximum Gasteiger partial charge on any atom is 0.0540 e. The van der Waals surface area contributed by atoms with Crippen LogP contribution in [0.2, 0.25) is 0 Å². The number of anilines is 3. The number of benzene rings is 10. The molecular weight excluding hydrogens is 795 g/mol. The summed E-state index contributed by atoms with van der Waals surface area (Å²) in [5.41, 5.74) is 20.4. The van der Waals surface area contributed by atoms with E-state index < -0.39 is 0 Å². The molecule has 0 amide bonds. The minimum Gasteiger partial charge on any atom is -0.310 e. The summed E-state index contributed by atoms with van der Waals surface area (Å²) in [5.74, 6) is 3.62. The predicted octanol–water partition coefficient (Wildman–Crippen LogP) is 17.1. The first-order valence-electron chi connectivity index (χ1n) is 24.1. The Hall–Kier alpha value is -7.48. The summed E-state index contributed by atoms with van der Waals surface area (Å²) >= 11 is 0. The molecule has 10 aromatic carbocycles. The van der Waals surface area contributed by atoms with Gasteiger partial charge in [0.05, 0.1) is 5.69 Å². The number of hydrogen-bond donors (Lipinski definition) is 0. The van der Waals surface area contributed by atoms with Crippen molar-refractivity contribution in [2.24, 2.45) is 29.1 Å². The first kappa shape index (κ1) is 36.8. The van der Waals surface area contributed by atoms with Gasteiger partial charge in [0.1, 0.15) is 0 Å². The average molecular weight is 842 g/mol. The van der Waals surface area contributed by atoms with Gasteiger partial charge in [0.25, 0.3) is 0 Å². The van der Waals surface area contributed by atoms with Gasteiger partial charge >= 0.3 is 0 Å². The molecule has 0 radical (unpaired) electrons. The van der Waals surface area contributed by atoms with Crippen LogP contribution < -0.4 is 4.90 Å². The molecule has 5 aliphatic rings. The molecule has 4 unspecified atom stereocenters. The molecule has 2 spiro atoms. The summed E-state index contributed by atoms with van der Waals surface area (Å²) in [6.45, 7) is 0. The molecule has 0 N–H and O–H groups in total. The van der Waals surface area contributed by atoms with Crippen molar-refractivity contribution in [1.82, 2.24) is 0 Å². The normalized spacial score (nSPS) is 23.4. The van der Waals surface area contributed by atoms with E-state index >= 15 is 0 Å². The van der Waals surface area contributed by atoms with Crippen molar-refractivity contribution in [2.45, 2.75) is 24.7 Å². The molecule has 0 aliphatic heterocycles. The molecule has 10 aromatic rings. The van der Waals surface area contributed by atoms with Crippen LogP contribution in [0.4, 0.5) is 17.1 Å². The van der Waals surface area contributed by atoms with Crippen LogP contribution in [-0.2, 0) is 5.41 Å². The maximum absolute atomic E-state index is 2.61. The van der Waals surface area contributed by atoms with Gasteiger partial charge in [0.15, 0.2) is 0 Å². The molecule has 0 aromatic heterocycles. The molecule has 1 heteroatoms. The monoisotopic (exact) mass is 841 g/mol. The first-order valence-corrected chi connectivity index (χ1v) is 24.1. The van der Waals surface area contributed by atoms with Crippen LogP contribution in [0.25, 0.3) is 77.2 Å². The fourth-order valence-electron chi connectivity index (χ4n) is 15.0. The second-order valence-electron chi connectivity index (χ2n) is 19.9. The zero-order valence-corrected chi connectivity index (χ0v) is 36.7. The molecule has 0 bridgehead atoms. The lowest BCUT2D eigenvalue weighted by Crippen LogP contribution is -2.88. The van der Waals surface area contributed by atoms with Gasteiger partial charge in [-0.3, -0.25) is 0 Å². The van der Waals surface area contributed by atoms with Gasteiger partial charge in [-0.05, 0) is 167 Å². The van der Waals surface area contributed by atoms with Crippen LogP contribution in [0.1, 0.15) is 30.4 Å². The molecule has 4 fully saturated rings. The van der Waals surface area contributed by atoms with E-state index in [0.29, 0.717) is 5.41 Å². The lowest BCUT2D eigenvalue weighted by atomic mass is 9.11. The van der Waals surface area contributed by atoms with E-state index in [-0.39, 0.29) is 5.41 Å². The SMILES string of the molecule is c1ccc(-c2cccc3cccc(-c4ccccc4N(c4ccc(-c5ccc6c(c5)C5(c7ccccc7-6)C6CC7CC8CC5C786)cc4)c4cccc(-c5cccc6ccccc56)c4)c23)cc1. The van der Waals surface area contributed by atoms with Crippen LogP contribution >= 0.6 is 0 Å². The summed E-state index contributed by atoms with van der Waals surface area (Å²) in [4.78, 5) is 2.48. The van der Waals surface area contributed by atoms with Gasteiger partial charge in [-0.25, -0.2) is 0 Å². The summed E-state index contributed by atoms with van der Waals surface area (Å²) in [6.07, 6.45) is 4.34. The Balaban J connectivity index is 0.885. The van der Waals surface area contributed by atoms with Crippen molar-refractivity contribution in [3.63, 3.8) is 0 Å². The van der Waals surface area contributed by atoms with E-state index in [2.05, 4.69) is 229 Å². The molecule has 0 saturated heterocycles. The zero-order valence-electron chi connectivity index (χ0n) is 36.7. The van der Waals surface area contributed by atoms with Crippen LogP contribution in [0.15, 0.2) is 224 Å². The largest absolute Gasteiger partial charge is 0.310 e. The third kappa shape index (κ3) is 4.70. The van der Waals surface area contributed by atoms with Crippen molar-refractivity contribution in [2.75, 3.05) is 4.90 Å². The highest BCUT2D eigenvalue weighted by Crippen LogP contribution is 2.94. The van der Waals surface area contributed by atoms with E-state index in [1.165, 1.54) is 96.4 Å². The zero-order chi connectivity index (χ0) is 43.1. The van der Waals surface area contributed by atoms with Gasteiger partial charge in [-0.1, -0.05) is 188 Å². The molecular formula is C65H47N. The summed E-state index contributed by atoms with van der Waals surface area (Å²) < 4.78 is 0. The van der Waals surface area contributed by atoms with E-state index in [4.69, 9.17) is 0 Å². The van der Waals surface area contributed by atoms with Crippen molar-refractivity contribution >= 4 is 38.6 Å². The van der Waals surface area contributed by atoms with E-state index in [9.17, 15) is 0 Å². The second kappa shape index (κ2) is 13.5. The highest BCUT2D eigenvalue weighted by atomic mass is 15.1. The Morgan fingerprint density at radius 2 is 0.955 bits per heavy atom. The number of nitrogens with zero attached hydrogens (tertiary/aromatic N) is 1. The van der Waals surface area contributed by atoms with E-state index in [1.807, 2.05) is 0 Å². The quantitative estimate of drug-likeness (QED) is 0.155. The molecule has 66 heavy (non-hydrogen) atoms. The fourth-order valence-corrected chi connectivity index (χ4v) is 15.0. The Morgan fingerprint density at radius 1 is 0.348 bits per heavy atom. The lowest BCUT2D eigenvalue weighted by Gasteiger charge is -2.92. The molecule has 4 atom stereocenters. The predicted molar refractivity (Wildman–Crippen MR) is 274 cm³/mol. The van der Waals surface area contributed by atoms with Crippen molar-refractivity contribution in [3.05, 3.63) is 236 Å². The van der Waals surface area contributed by atoms with E-state index in [0.717, 1.165) is 40.7 Å². The number of fused-ring (bicyclic) bond motifs is 9. The summed E-state index contributed by atoms with van der Waals surface area (Å²) in [7, 11) is 0. The smallest absolute Gasteiger partial charge is 0.0540 e. The topological polar surface area (TPSA) is 3.24 Å². The highest BCUT2D eigenvalue weighted by molar-refractivity contribution is 6.09. The van der Waals surface area contributed by atoms with Crippen LogP contribution in [0, 0.1) is 29.1 Å². The van der Waals surface area contributed by atoms with E-state index in [1.54, 1.807) is 11.1 Å². The molecule has 1 nitrogen and oxygen atoms in total. The van der Waals surface area contributed by atoms with Crippen LogP contribution in [-0.4, -0.2) is 0 Å². The maximum atomic E-state index is 2.61. The third-order valence-corrected chi connectivity index (χ3v) is 17.5. The molecule has 4 saturated carbocycles. The second-order valence-corrected chi connectivity index (χ2v) is 19.9. The Morgan fingerprint density at radius 3 is 1.77 bits per heavy atom. The van der Waals surface area contributed by atoms with Gasteiger partial charge in [-0.2, -0.15) is 0 Å². The third-order valence-electron chi connectivity index (χ3n) is 17.5. The molecule has 15 rings (SSSR count). The standard InChI is InChI=1S/C65H47N/c1-2-14-43(15-3-1)53-26-12-18-44-19-13-27-57(63(44)53)56-24-7-9-29-60(56)66(50-21-10-20-46(36-50)52-25-11-17-42-16-4-5-22-51(42)52)49-33-30-41(31-34-49)45-32-35-55-54-23-6-8-28-58(54)65(59(55)37-45)61-39-47-38-48-40-62(65)64(47,48)61/h1-37,47-48,61-62H,38-40H2. The highest BCUT2D eigenvalue weighted by Gasteiger charge is 2.90. The minimum atomic E-state index is 0.201. The number of para-hydroxylation sites is 1. The van der Waals surface area contributed by atoms with Crippen molar-refractivity contribution < 1.29 is 0 Å². The van der Waals surface area contributed by atoms with Gasteiger partial charge in [0.2, 0.25) is 0 Å². The Labute approximate surface area is 386 Å². The van der Waals surface area contributed by atoms with Gasteiger partial charge < -0.3 is 4.90 Å². The van der Waals surface area contributed by atoms with Crippen molar-refractivity contribution in [3.8, 4) is 55.6 Å². The van der Waals surface area contributed by atoms with Crippen LogP contribution in [0.5, 0.6) is 0 Å². The van der Waals surface area contributed by atoms with Crippen LogP contribution in [0.3, 0.4) is 0 Å². The molecule has 5 aliphatic carbocycles. The summed E-state index contributed by atoms with van der Waals surface area (Å²) in [5, 5.41) is 5.00. The minimum absolute atomic E-state index is 0.201. The fraction of sp³-hybridized carbons (Fsp3) is 0.138. The molecule has 312 valence electrons. The summed E-state index contributed by atoms with van der Waals surface area (Å²) in [6, 6.07) is 84.2. The first-order chi connectivity index (χ1) is 32.7. The average Bonchev–Trinajstić information content (AvgIpc) is 3.66. The number of hydrogen-bond acceptors (Lipinski definition) is 1.